The van der Waals surface area contributed by atoms with Gasteiger partial charge in [0.2, 0.25) is 0 Å². The SMILES string of the molecule is CC(C)O[Si]([Si](C)(C)C)([Si](C)(C)C)[Si](C)(C)C. The van der Waals surface area contributed by atoms with Crippen LogP contribution in [0.4, 0.5) is 0 Å². The van der Waals surface area contributed by atoms with Crippen LogP contribution in [0.5, 0.6) is 0 Å². The van der Waals surface area contributed by atoms with Crippen LogP contribution in [0.1, 0.15) is 13.8 Å². The lowest BCUT2D eigenvalue weighted by molar-refractivity contribution is 0.250. The Labute approximate surface area is 113 Å². The smallest absolute Gasteiger partial charge is 0.158 e. The molecule has 0 aliphatic rings. The van der Waals surface area contributed by atoms with E-state index in [1.165, 1.54) is 0 Å². The second kappa shape index (κ2) is 5.07. The van der Waals surface area contributed by atoms with Gasteiger partial charge in [-0.05, 0) is 13.8 Å². The molecule has 1 nitrogen and oxygen atoms in total. The van der Waals surface area contributed by atoms with Crippen molar-refractivity contribution in [2.75, 3.05) is 0 Å². The van der Waals surface area contributed by atoms with Crippen LogP contribution in [0.25, 0.3) is 0 Å². The zero-order chi connectivity index (χ0) is 14.3. The molecule has 0 amide bonds. The summed E-state index contributed by atoms with van der Waals surface area (Å²) in [5.74, 6) is 0. The minimum atomic E-state index is -1.55. The van der Waals surface area contributed by atoms with Crippen LogP contribution >= 0.6 is 0 Å². The summed E-state index contributed by atoms with van der Waals surface area (Å²) in [7, 11) is -3.69. The zero-order valence-electron chi connectivity index (χ0n) is 14.0. The van der Waals surface area contributed by atoms with Crippen LogP contribution in [0.2, 0.25) is 58.9 Å². The maximum Gasteiger partial charge on any atom is 0.158 e. The summed E-state index contributed by atoms with van der Waals surface area (Å²) in [5, 5.41) is 0. The standard InChI is InChI=1S/C12H34OSi4/c1-12(2)13-17(14(3,4)5,15(6,7)8)16(9,10)11/h12H,1-11H3. The normalized spacial score (nSPS) is 15.5. The highest BCUT2D eigenvalue weighted by atomic mass is 29.9. The Morgan fingerprint density at radius 2 is 0.824 bits per heavy atom. The van der Waals surface area contributed by atoms with E-state index in [2.05, 4.69) is 72.8 Å². The van der Waals surface area contributed by atoms with Crippen molar-refractivity contribution in [3.8, 4) is 0 Å². The second-order valence-corrected chi connectivity index (χ2v) is 48.0. The van der Waals surface area contributed by atoms with Crippen molar-refractivity contribution in [2.24, 2.45) is 0 Å². The molecule has 0 fully saturated rings. The van der Waals surface area contributed by atoms with Gasteiger partial charge in [0.15, 0.2) is 6.87 Å². The first-order chi connectivity index (χ1) is 7.17. The predicted molar refractivity (Wildman–Crippen MR) is 92.0 cm³/mol. The van der Waals surface area contributed by atoms with Crippen LogP contribution < -0.4 is 0 Å². The van der Waals surface area contributed by atoms with Crippen molar-refractivity contribution in [3.63, 3.8) is 0 Å². The third-order valence-corrected chi connectivity index (χ3v) is 71.3. The molecular formula is C12H34OSi4. The Hall–Kier alpha value is 0.828. The third kappa shape index (κ3) is 3.43. The Kier molecular flexibility index (Phi) is 5.32. The van der Waals surface area contributed by atoms with Crippen molar-refractivity contribution in [3.05, 3.63) is 0 Å². The first-order valence-corrected chi connectivity index (χ1v) is 22.3. The maximum atomic E-state index is 6.86. The fraction of sp³-hybridized carbons (Fsp3) is 1.00. The van der Waals surface area contributed by atoms with Crippen LogP contribution in [0.3, 0.4) is 0 Å². The molecule has 0 rings (SSSR count). The van der Waals surface area contributed by atoms with Gasteiger partial charge in [-0.25, -0.2) is 0 Å². The molecule has 0 saturated heterocycles. The topological polar surface area (TPSA) is 9.23 Å². The van der Waals surface area contributed by atoms with Gasteiger partial charge in [-0.1, -0.05) is 58.9 Å². The van der Waals surface area contributed by atoms with Crippen molar-refractivity contribution in [1.82, 2.24) is 0 Å². The molecule has 104 valence electrons. The first kappa shape index (κ1) is 17.8. The highest BCUT2D eigenvalue weighted by Crippen LogP contribution is 2.38. The largest absolute Gasteiger partial charge is 0.424 e. The van der Waals surface area contributed by atoms with Gasteiger partial charge in [-0.2, -0.15) is 0 Å². The number of hydrogen-bond donors (Lipinski definition) is 0. The van der Waals surface area contributed by atoms with E-state index in [4.69, 9.17) is 4.43 Å². The molecule has 0 aromatic carbocycles. The minimum absolute atomic E-state index is 0.409. The molecule has 0 heterocycles. The summed E-state index contributed by atoms with van der Waals surface area (Å²) in [6.45, 7) is 26.0. The van der Waals surface area contributed by atoms with Crippen molar-refractivity contribution >= 4 is 29.6 Å². The van der Waals surface area contributed by atoms with Crippen LogP contribution in [0.15, 0.2) is 0 Å². The maximum absolute atomic E-state index is 6.86. The van der Waals surface area contributed by atoms with Gasteiger partial charge < -0.3 is 4.43 Å². The van der Waals surface area contributed by atoms with Gasteiger partial charge >= 0.3 is 0 Å². The second-order valence-electron chi connectivity index (χ2n) is 8.60. The molecule has 0 aromatic rings. The molecule has 0 bridgehead atoms. The number of hydrogen-bond acceptors (Lipinski definition) is 1. The van der Waals surface area contributed by atoms with Crippen LogP contribution in [-0.4, -0.2) is 35.7 Å². The first-order valence-electron chi connectivity index (χ1n) is 6.84. The van der Waals surface area contributed by atoms with Gasteiger partial charge in [-0.15, -0.1) is 0 Å². The summed E-state index contributed by atoms with van der Waals surface area (Å²) in [4.78, 5) is 0. The van der Waals surface area contributed by atoms with Crippen LogP contribution in [0, 0.1) is 0 Å². The van der Waals surface area contributed by atoms with Crippen LogP contribution in [-0.2, 0) is 4.43 Å². The van der Waals surface area contributed by atoms with Gasteiger partial charge in [0.05, 0.1) is 22.8 Å². The predicted octanol–water partition coefficient (Wildman–Crippen LogP) is 4.61. The zero-order valence-corrected chi connectivity index (χ0v) is 18.0. The van der Waals surface area contributed by atoms with Gasteiger partial charge in [0.1, 0.15) is 0 Å². The summed E-state index contributed by atoms with van der Waals surface area (Å²) >= 11 is 0. The number of rotatable bonds is 5. The summed E-state index contributed by atoms with van der Waals surface area (Å²) in [6, 6.07) is 0. The van der Waals surface area contributed by atoms with E-state index in [-0.39, 0.29) is 0 Å². The van der Waals surface area contributed by atoms with E-state index in [9.17, 15) is 0 Å². The van der Waals surface area contributed by atoms with Crippen molar-refractivity contribution in [1.29, 1.82) is 0 Å². The Balaban J connectivity index is 5.93. The average Bonchev–Trinajstić information content (AvgIpc) is 1.91. The summed E-state index contributed by atoms with van der Waals surface area (Å²) in [5.41, 5.74) is 0. The van der Waals surface area contributed by atoms with Crippen molar-refractivity contribution in [2.45, 2.75) is 78.9 Å². The average molecular weight is 307 g/mol. The Bertz CT molecular complexity index is 219. The molecule has 17 heavy (non-hydrogen) atoms. The van der Waals surface area contributed by atoms with Crippen molar-refractivity contribution < 1.29 is 4.43 Å². The molecule has 0 radical (unpaired) electrons. The molecule has 0 saturated carbocycles. The molecule has 0 aromatic heterocycles. The lowest BCUT2D eigenvalue weighted by atomic mass is 10.5. The Morgan fingerprint density at radius 1 is 0.588 bits per heavy atom. The summed E-state index contributed by atoms with van der Waals surface area (Å²) < 4.78 is 6.86. The lowest BCUT2D eigenvalue weighted by Gasteiger charge is -2.57. The minimum Gasteiger partial charge on any atom is -0.424 e. The molecule has 0 atom stereocenters. The fourth-order valence-corrected chi connectivity index (χ4v) is 99.1. The molecular weight excluding hydrogens is 272 g/mol. The quantitative estimate of drug-likeness (QED) is 0.674. The molecule has 0 aliphatic heterocycles. The summed E-state index contributed by atoms with van der Waals surface area (Å²) in [6.07, 6.45) is 0.409. The van der Waals surface area contributed by atoms with E-state index < -0.39 is 29.6 Å². The van der Waals surface area contributed by atoms with E-state index >= 15 is 0 Å². The molecule has 0 aliphatic carbocycles. The Morgan fingerprint density at radius 3 is 0.882 bits per heavy atom. The molecule has 0 unspecified atom stereocenters. The van der Waals surface area contributed by atoms with E-state index in [0.29, 0.717) is 6.10 Å². The third-order valence-electron chi connectivity index (χ3n) is 3.58. The van der Waals surface area contributed by atoms with E-state index in [1.54, 1.807) is 0 Å². The van der Waals surface area contributed by atoms with Gasteiger partial charge in [-0.3, -0.25) is 0 Å². The van der Waals surface area contributed by atoms with Gasteiger partial charge in [0, 0.05) is 6.10 Å². The van der Waals surface area contributed by atoms with E-state index in [1.807, 2.05) is 0 Å². The molecule has 0 spiro atoms. The lowest BCUT2D eigenvalue weighted by Crippen LogP contribution is -2.84. The van der Waals surface area contributed by atoms with Gasteiger partial charge in [0.25, 0.3) is 0 Å². The highest BCUT2D eigenvalue weighted by Gasteiger charge is 2.63. The molecule has 0 N–H and O–H groups in total. The fourth-order valence-electron chi connectivity index (χ4n) is 4.26. The monoisotopic (exact) mass is 306 g/mol. The molecule has 5 heteroatoms. The highest BCUT2D eigenvalue weighted by molar-refractivity contribution is 7.87. The van der Waals surface area contributed by atoms with E-state index in [0.717, 1.165) is 0 Å².